The molecular weight excluding hydrogens is 274 g/mol. The zero-order valence-corrected chi connectivity index (χ0v) is 12.5. The van der Waals surface area contributed by atoms with Crippen molar-refractivity contribution in [1.82, 2.24) is 4.90 Å². The first-order chi connectivity index (χ1) is 10.7. The van der Waals surface area contributed by atoms with Gasteiger partial charge in [0.15, 0.2) is 0 Å². The fraction of sp³-hybridized carbons (Fsp3) is 0.368. The Balaban J connectivity index is 1.67. The minimum Gasteiger partial charge on any atom is -0.456 e. The number of hydrogen-bond acceptors (Lipinski definition) is 3. The van der Waals surface area contributed by atoms with Crippen LogP contribution < -0.4 is 0 Å². The van der Waals surface area contributed by atoms with E-state index >= 15 is 0 Å². The van der Waals surface area contributed by atoms with E-state index in [0.717, 1.165) is 60.0 Å². The molecule has 0 saturated carbocycles. The van der Waals surface area contributed by atoms with Gasteiger partial charge in [-0.15, -0.1) is 0 Å². The van der Waals surface area contributed by atoms with E-state index in [4.69, 9.17) is 4.42 Å². The summed E-state index contributed by atoms with van der Waals surface area (Å²) in [7, 11) is 0. The SMILES string of the molecule is OC1(c2ccc3c(c2)oc2ccccc23)CN2CCC1CC2. The Hall–Kier alpha value is -1.84. The molecule has 0 spiro atoms. The molecular formula is C19H19NO2. The third-order valence-electron chi connectivity index (χ3n) is 5.61. The van der Waals surface area contributed by atoms with Crippen LogP contribution in [0.5, 0.6) is 0 Å². The fourth-order valence-electron chi connectivity index (χ4n) is 4.36. The predicted octanol–water partition coefficient (Wildman–Crippen LogP) is 3.50. The quantitative estimate of drug-likeness (QED) is 0.746. The normalized spacial score (nSPS) is 31.1. The number of benzene rings is 2. The Morgan fingerprint density at radius 3 is 2.55 bits per heavy atom. The Kier molecular flexibility index (Phi) is 2.50. The molecule has 1 atom stereocenters. The summed E-state index contributed by atoms with van der Waals surface area (Å²) in [6.07, 6.45) is 2.18. The molecule has 3 fully saturated rings. The fourth-order valence-corrected chi connectivity index (χ4v) is 4.36. The van der Waals surface area contributed by atoms with Crippen molar-refractivity contribution in [2.24, 2.45) is 5.92 Å². The summed E-state index contributed by atoms with van der Waals surface area (Å²) >= 11 is 0. The number of para-hydroxylation sites is 1. The monoisotopic (exact) mass is 293 g/mol. The van der Waals surface area contributed by atoms with Gasteiger partial charge in [0, 0.05) is 17.3 Å². The minimum atomic E-state index is -0.719. The third-order valence-corrected chi connectivity index (χ3v) is 5.61. The van der Waals surface area contributed by atoms with Crippen LogP contribution in [0, 0.1) is 5.92 Å². The molecule has 1 N–H and O–H groups in total. The molecule has 3 nitrogen and oxygen atoms in total. The molecule has 0 aliphatic carbocycles. The zero-order valence-electron chi connectivity index (χ0n) is 12.5. The first-order valence-corrected chi connectivity index (χ1v) is 8.10. The predicted molar refractivity (Wildman–Crippen MR) is 86.8 cm³/mol. The molecule has 3 aliphatic rings. The number of nitrogens with zero attached hydrogens (tertiary/aromatic N) is 1. The van der Waals surface area contributed by atoms with Crippen molar-refractivity contribution in [3.63, 3.8) is 0 Å². The van der Waals surface area contributed by atoms with Crippen LogP contribution in [-0.2, 0) is 5.60 Å². The van der Waals surface area contributed by atoms with E-state index in [2.05, 4.69) is 29.2 Å². The Labute approximate surface area is 129 Å². The lowest BCUT2D eigenvalue weighted by Crippen LogP contribution is -2.57. The number of hydrogen-bond donors (Lipinski definition) is 1. The second-order valence-electron chi connectivity index (χ2n) is 6.78. The van der Waals surface area contributed by atoms with Gasteiger partial charge in [-0.3, -0.25) is 0 Å². The van der Waals surface area contributed by atoms with Crippen LogP contribution in [0.4, 0.5) is 0 Å². The van der Waals surface area contributed by atoms with Crippen LogP contribution >= 0.6 is 0 Å². The highest BCUT2D eigenvalue weighted by Crippen LogP contribution is 2.43. The number of aliphatic hydroxyl groups is 1. The van der Waals surface area contributed by atoms with Gasteiger partial charge in [0.05, 0.1) is 0 Å². The van der Waals surface area contributed by atoms with Gasteiger partial charge in [0.25, 0.3) is 0 Å². The summed E-state index contributed by atoms with van der Waals surface area (Å²) in [6, 6.07) is 14.4. The van der Waals surface area contributed by atoms with Gasteiger partial charge in [0.1, 0.15) is 16.8 Å². The standard InChI is InChI=1S/C19H19NO2/c21-19(12-20-9-7-13(19)8-10-20)14-5-6-16-15-3-1-2-4-17(15)22-18(16)11-14/h1-6,11,13,21H,7-10,12H2. The van der Waals surface area contributed by atoms with Crippen molar-refractivity contribution in [2.75, 3.05) is 19.6 Å². The second kappa shape index (κ2) is 4.34. The molecule has 6 rings (SSSR count). The van der Waals surface area contributed by atoms with Gasteiger partial charge in [0.2, 0.25) is 0 Å². The topological polar surface area (TPSA) is 36.6 Å². The smallest absolute Gasteiger partial charge is 0.135 e. The maximum atomic E-state index is 11.3. The van der Waals surface area contributed by atoms with Gasteiger partial charge >= 0.3 is 0 Å². The molecule has 3 saturated heterocycles. The van der Waals surface area contributed by atoms with Crippen LogP contribution in [0.25, 0.3) is 21.9 Å². The van der Waals surface area contributed by atoms with Crippen molar-refractivity contribution >= 4 is 21.9 Å². The summed E-state index contributed by atoms with van der Waals surface area (Å²) in [5, 5.41) is 13.6. The van der Waals surface area contributed by atoms with Crippen LogP contribution in [-0.4, -0.2) is 29.6 Å². The summed E-state index contributed by atoms with van der Waals surface area (Å²) in [5.74, 6) is 0.374. The summed E-state index contributed by atoms with van der Waals surface area (Å²) < 4.78 is 5.98. The summed E-state index contributed by atoms with van der Waals surface area (Å²) in [4.78, 5) is 2.38. The van der Waals surface area contributed by atoms with E-state index in [0.29, 0.717) is 5.92 Å². The van der Waals surface area contributed by atoms with Crippen molar-refractivity contribution in [3.05, 3.63) is 48.0 Å². The molecule has 4 heterocycles. The van der Waals surface area contributed by atoms with E-state index in [1.54, 1.807) is 0 Å². The maximum Gasteiger partial charge on any atom is 0.135 e. The lowest BCUT2D eigenvalue weighted by molar-refractivity contribution is -0.117. The lowest BCUT2D eigenvalue weighted by atomic mass is 9.71. The second-order valence-corrected chi connectivity index (χ2v) is 6.78. The average Bonchev–Trinajstić information content (AvgIpc) is 2.93. The van der Waals surface area contributed by atoms with Crippen LogP contribution in [0.3, 0.4) is 0 Å². The maximum absolute atomic E-state index is 11.3. The van der Waals surface area contributed by atoms with E-state index in [1.165, 1.54) is 0 Å². The van der Waals surface area contributed by atoms with Crippen molar-refractivity contribution < 1.29 is 9.52 Å². The number of furan rings is 1. The summed E-state index contributed by atoms with van der Waals surface area (Å²) in [6.45, 7) is 3.00. The van der Waals surface area contributed by atoms with E-state index in [-0.39, 0.29) is 0 Å². The summed E-state index contributed by atoms with van der Waals surface area (Å²) in [5.41, 5.74) is 2.08. The first kappa shape index (κ1) is 12.7. The Morgan fingerprint density at radius 1 is 1.00 bits per heavy atom. The first-order valence-electron chi connectivity index (χ1n) is 8.10. The number of rotatable bonds is 1. The van der Waals surface area contributed by atoms with Gasteiger partial charge in [-0.25, -0.2) is 0 Å². The number of piperidine rings is 3. The van der Waals surface area contributed by atoms with Crippen LogP contribution in [0.15, 0.2) is 46.9 Å². The highest BCUT2D eigenvalue weighted by atomic mass is 16.3. The number of fused-ring (bicyclic) bond motifs is 6. The molecule has 3 aromatic rings. The zero-order chi connectivity index (χ0) is 14.7. The van der Waals surface area contributed by atoms with Gasteiger partial charge in [-0.05, 0) is 49.5 Å². The van der Waals surface area contributed by atoms with Gasteiger partial charge in [-0.1, -0.05) is 30.3 Å². The highest BCUT2D eigenvalue weighted by Gasteiger charge is 2.46. The van der Waals surface area contributed by atoms with Crippen LogP contribution in [0.2, 0.25) is 0 Å². The van der Waals surface area contributed by atoms with E-state index in [9.17, 15) is 5.11 Å². The molecule has 22 heavy (non-hydrogen) atoms. The molecule has 1 unspecified atom stereocenters. The third kappa shape index (κ3) is 1.64. The molecule has 2 aromatic carbocycles. The highest BCUT2D eigenvalue weighted by molar-refractivity contribution is 6.04. The molecule has 3 aliphatic heterocycles. The van der Waals surface area contributed by atoms with Crippen LogP contribution in [0.1, 0.15) is 18.4 Å². The molecule has 2 bridgehead atoms. The Bertz CT molecular complexity index is 860. The minimum absolute atomic E-state index is 0.374. The molecule has 112 valence electrons. The lowest BCUT2D eigenvalue weighted by Gasteiger charge is -2.50. The molecule has 0 amide bonds. The van der Waals surface area contributed by atoms with Gasteiger partial charge in [-0.2, -0.15) is 0 Å². The van der Waals surface area contributed by atoms with Crippen molar-refractivity contribution in [3.8, 4) is 0 Å². The van der Waals surface area contributed by atoms with Gasteiger partial charge < -0.3 is 14.4 Å². The van der Waals surface area contributed by atoms with Crippen molar-refractivity contribution in [1.29, 1.82) is 0 Å². The molecule has 0 radical (unpaired) electrons. The molecule has 3 heteroatoms. The van der Waals surface area contributed by atoms with E-state index in [1.807, 2.05) is 18.2 Å². The van der Waals surface area contributed by atoms with Crippen molar-refractivity contribution in [2.45, 2.75) is 18.4 Å². The largest absolute Gasteiger partial charge is 0.456 e. The Morgan fingerprint density at radius 2 is 1.77 bits per heavy atom. The molecule has 1 aromatic heterocycles. The average molecular weight is 293 g/mol. The van der Waals surface area contributed by atoms with E-state index < -0.39 is 5.60 Å².